The zero-order chi connectivity index (χ0) is 13.5. The second-order valence-electron chi connectivity index (χ2n) is 3.72. The number of hydrogen-bond donors (Lipinski definition) is 1. The second kappa shape index (κ2) is 7.26. The molecule has 0 aliphatic rings. The lowest BCUT2D eigenvalue weighted by Crippen LogP contribution is -2.07. The normalized spacial score (nSPS) is 10.2. The zero-order valence-corrected chi connectivity index (χ0v) is 12.1. The maximum Gasteiger partial charge on any atom is 0.339 e. The van der Waals surface area contributed by atoms with E-state index in [1.165, 1.54) is 6.07 Å². The Balaban J connectivity index is 3.09. The van der Waals surface area contributed by atoms with Crippen molar-refractivity contribution >= 4 is 21.9 Å². The van der Waals surface area contributed by atoms with Crippen LogP contribution in [0.3, 0.4) is 0 Å². The molecule has 0 saturated heterocycles. The summed E-state index contributed by atoms with van der Waals surface area (Å²) in [5.41, 5.74) is 0.115. The van der Waals surface area contributed by atoms with Gasteiger partial charge in [0.15, 0.2) is 11.5 Å². The van der Waals surface area contributed by atoms with Crippen molar-refractivity contribution in [1.82, 2.24) is 0 Å². The smallest absolute Gasteiger partial charge is 0.339 e. The van der Waals surface area contributed by atoms with E-state index in [4.69, 9.17) is 9.47 Å². The Morgan fingerprint density at radius 3 is 2.61 bits per heavy atom. The van der Waals surface area contributed by atoms with Crippen LogP contribution in [0.25, 0.3) is 0 Å². The van der Waals surface area contributed by atoms with Crippen molar-refractivity contribution in [3.05, 3.63) is 22.2 Å². The first-order valence-corrected chi connectivity index (χ1v) is 6.71. The number of carboxylic acids is 1. The van der Waals surface area contributed by atoms with Crippen molar-refractivity contribution in [2.75, 3.05) is 13.2 Å². The summed E-state index contributed by atoms with van der Waals surface area (Å²) in [4.78, 5) is 11.2. The average molecular weight is 317 g/mol. The van der Waals surface area contributed by atoms with Gasteiger partial charge in [-0.3, -0.25) is 0 Å². The number of carbonyl (C=O) groups is 1. The van der Waals surface area contributed by atoms with Crippen molar-refractivity contribution in [1.29, 1.82) is 0 Å². The maximum absolute atomic E-state index is 11.2. The molecule has 0 saturated carbocycles. The molecule has 0 aliphatic heterocycles. The van der Waals surface area contributed by atoms with E-state index in [0.717, 1.165) is 12.8 Å². The van der Waals surface area contributed by atoms with Crippen LogP contribution < -0.4 is 9.47 Å². The fourth-order valence-corrected chi connectivity index (χ4v) is 1.89. The third-order valence-electron chi connectivity index (χ3n) is 2.29. The van der Waals surface area contributed by atoms with Crippen molar-refractivity contribution in [3.8, 4) is 11.5 Å². The highest BCUT2D eigenvalue weighted by Crippen LogP contribution is 2.35. The average Bonchev–Trinajstić information content (AvgIpc) is 2.31. The topological polar surface area (TPSA) is 55.8 Å². The summed E-state index contributed by atoms with van der Waals surface area (Å²) in [5, 5.41) is 9.18. The van der Waals surface area contributed by atoms with Gasteiger partial charge in [-0.05, 0) is 25.5 Å². The summed E-state index contributed by atoms with van der Waals surface area (Å²) in [5.74, 6) is -0.259. The third kappa shape index (κ3) is 3.91. The Labute approximate surface area is 115 Å². The van der Waals surface area contributed by atoms with Crippen LogP contribution >= 0.6 is 15.9 Å². The number of aromatic carboxylic acids is 1. The minimum atomic E-state index is -1.02. The molecule has 1 rings (SSSR count). The van der Waals surface area contributed by atoms with Gasteiger partial charge in [0.05, 0.1) is 13.2 Å². The van der Waals surface area contributed by atoms with E-state index in [2.05, 4.69) is 15.9 Å². The molecule has 4 nitrogen and oxygen atoms in total. The first-order valence-electron chi connectivity index (χ1n) is 5.92. The molecule has 1 N–H and O–H groups in total. The van der Waals surface area contributed by atoms with Gasteiger partial charge in [-0.15, -0.1) is 0 Å². The lowest BCUT2D eigenvalue weighted by Gasteiger charge is -2.14. The third-order valence-corrected chi connectivity index (χ3v) is 2.75. The number of rotatable bonds is 7. The van der Waals surface area contributed by atoms with E-state index < -0.39 is 5.97 Å². The van der Waals surface area contributed by atoms with Gasteiger partial charge in [0.25, 0.3) is 0 Å². The molecule has 18 heavy (non-hydrogen) atoms. The SMILES string of the molecule is CCCCOc1c(OCC)cc(Br)cc1C(=O)O. The summed E-state index contributed by atoms with van der Waals surface area (Å²) >= 11 is 3.27. The van der Waals surface area contributed by atoms with Crippen molar-refractivity contribution in [3.63, 3.8) is 0 Å². The molecule has 0 aliphatic carbocycles. The molecule has 0 fully saturated rings. The monoisotopic (exact) mass is 316 g/mol. The van der Waals surface area contributed by atoms with Crippen LogP contribution in [0.15, 0.2) is 16.6 Å². The van der Waals surface area contributed by atoms with Crippen LogP contribution in [-0.2, 0) is 0 Å². The summed E-state index contributed by atoms with van der Waals surface area (Å²) < 4.78 is 11.6. The molecule has 5 heteroatoms. The first kappa shape index (κ1) is 14.8. The number of carboxylic acid groups (broad SMARTS) is 1. The van der Waals surface area contributed by atoms with Crippen molar-refractivity contribution < 1.29 is 19.4 Å². The van der Waals surface area contributed by atoms with Crippen molar-refractivity contribution in [2.24, 2.45) is 0 Å². The van der Waals surface area contributed by atoms with Crippen LogP contribution in [0.1, 0.15) is 37.0 Å². The Kier molecular flexibility index (Phi) is 5.98. The molecule has 0 spiro atoms. The molecular weight excluding hydrogens is 300 g/mol. The van der Waals surface area contributed by atoms with Gasteiger partial charge in [-0.25, -0.2) is 4.79 Å². The van der Waals surface area contributed by atoms with E-state index in [0.29, 0.717) is 29.2 Å². The lowest BCUT2D eigenvalue weighted by molar-refractivity contribution is 0.0691. The standard InChI is InChI=1S/C13H17BrO4/c1-3-5-6-18-12-10(13(15)16)7-9(14)8-11(12)17-4-2/h7-8H,3-6H2,1-2H3,(H,15,16). The van der Waals surface area contributed by atoms with E-state index in [1.54, 1.807) is 6.07 Å². The van der Waals surface area contributed by atoms with Crippen LogP contribution in [0.5, 0.6) is 11.5 Å². The second-order valence-corrected chi connectivity index (χ2v) is 4.64. The fourth-order valence-electron chi connectivity index (χ4n) is 1.46. The van der Waals surface area contributed by atoms with Crippen LogP contribution in [0.2, 0.25) is 0 Å². The van der Waals surface area contributed by atoms with Crippen LogP contribution in [0, 0.1) is 0 Å². The molecule has 0 unspecified atom stereocenters. The Morgan fingerprint density at radius 2 is 2.06 bits per heavy atom. The van der Waals surface area contributed by atoms with Gasteiger partial charge in [0, 0.05) is 4.47 Å². The molecule has 0 amide bonds. The number of benzene rings is 1. The predicted octanol–water partition coefficient (Wildman–Crippen LogP) is 3.72. The molecule has 0 heterocycles. The predicted molar refractivity (Wildman–Crippen MR) is 72.7 cm³/mol. The summed E-state index contributed by atoms with van der Waals surface area (Å²) in [7, 11) is 0. The number of halogens is 1. The number of unbranched alkanes of at least 4 members (excludes halogenated alkanes) is 1. The van der Waals surface area contributed by atoms with E-state index in [1.807, 2.05) is 13.8 Å². The van der Waals surface area contributed by atoms with Gasteiger partial charge in [-0.2, -0.15) is 0 Å². The molecular formula is C13H17BrO4. The lowest BCUT2D eigenvalue weighted by atomic mass is 10.2. The molecule has 1 aromatic carbocycles. The quantitative estimate of drug-likeness (QED) is 0.779. The first-order chi connectivity index (χ1) is 8.60. The molecule has 1 aromatic rings. The van der Waals surface area contributed by atoms with E-state index in [9.17, 15) is 9.90 Å². The minimum Gasteiger partial charge on any atom is -0.490 e. The minimum absolute atomic E-state index is 0.115. The van der Waals surface area contributed by atoms with Gasteiger partial charge in [0.2, 0.25) is 0 Å². The van der Waals surface area contributed by atoms with Gasteiger partial charge < -0.3 is 14.6 Å². The zero-order valence-electron chi connectivity index (χ0n) is 10.5. The van der Waals surface area contributed by atoms with E-state index in [-0.39, 0.29) is 5.56 Å². The fraction of sp³-hybridized carbons (Fsp3) is 0.462. The van der Waals surface area contributed by atoms with Gasteiger partial charge in [0.1, 0.15) is 5.56 Å². The highest BCUT2D eigenvalue weighted by atomic mass is 79.9. The molecule has 0 bridgehead atoms. The van der Waals surface area contributed by atoms with E-state index >= 15 is 0 Å². The summed E-state index contributed by atoms with van der Waals surface area (Å²) in [6.45, 7) is 4.84. The largest absolute Gasteiger partial charge is 0.490 e. The number of ether oxygens (including phenoxy) is 2. The Hall–Kier alpha value is -1.23. The number of hydrogen-bond acceptors (Lipinski definition) is 3. The summed E-state index contributed by atoms with van der Waals surface area (Å²) in [6, 6.07) is 3.24. The molecule has 0 atom stereocenters. The Morgan fingerprint density at radius 1 is 1.33 bits per heavy atom. The van der Waals surface area contributed by atoms with Crippen molar-refractivity contribution in [2.45, 2.75) is 26.7 Å². The maximum atomic E-state index is 11.2. The highest BCUT2D eigenvalue weighted by molar-refractivity contribution is 9.10. The van der Waals surface area contributed by atoms with Crippen LogP contribution in [-0.4, -0.2) is 24.3 Å². The molecule has 0 radical (unpaired) electrons. The summed E-state index contributed by atoms with van der Waals surface area (Å²) in [6.07, 6.45) is 1.86. The molecule has 0 aromatic heterocycles. The highest BCUT2D eigenvalue weighted by Gasteiger charge is 2.18. The van der Waals surface area contributed by atoms with Crippen LogP contribution in [0.4, 0.5) is 0 Å². The molecule has 100 valence electrons. The Bertz CT molecular complexity index is 418. The van der Waals surface area contributed by atoms with Gasteiger partial charge >= 0.3 is 5.97 Å². The van der Waals surface area contributed by atoms with Gasteiger partial charge in [-0.1, -0.05) is 29.3 Å².